The van der Waals surface area contributed by atoms with Gasteiger partial charge in [0, 0.05) is 11.8 Å². The summed E-state index contributed by atoms with van der Waals surface area (Å²) in [5.74, 6) is 0.624. The highest BCUT2D eigenvalue weighted by atomic mass is 32.2. The zero-order valence-corrected chi connectivity index (χ0v) is 12.3. The van der Waals surface area contributed by atoms with E-state index in [4.69, 9.17) is 0 Å². The van der Waals surface area contributed by atoms with E-state index >= 15 is 0 Å². The van der Waals surface area contributed by atoms with Crippen molar-refractivity contribution >= 4 is 11.8 Å². The quantitative estimate of drug-likeness (QED) is 0.734. The second kappa shape index (κ2) is 7.78. The molecule has 2 heteroatoms. The van der Waals surface area contributed by atoms with Crippen LogP contribution in [0.3, 0.4) is 0 Å². The fourth-order valence-corrected chi connectivity index (χ4v) is 2.03. The van der Waals surface area contributed by atoms with E-state index in [0.29, 0.717) is 5.92 Å². The molecule has 0 saturated carbocycles. The van der Waals surface area contributed by atoms with Gasteiger partial charge in [0.25, 0.3) is 0 Å². The smallest absolute Gasteiger partial charge is 0.0205 e. The molecular weight excluding hydrogens is 226 g/mol. The summed E-state index contributed by atoms with van der Waals surface area (Å²) in [6.07, 6.45) is 3.42. The van der Waals surface area contributed by atoms with Crippen LogP contribution in [0.2, 0.25) is 0 Å². The summed E-state index contributed by atoms with van der Waals surface area (Å²) in [4.78, 5) is 0. The summed E-state index contributed by atoms with van der Waals surface area (Å²) in [6, 6.07) is 8.96. The third-order valence-corrected chi connectivity index (χ3v) is 4.15. The minimum absolute atomic E-state index is 0.624. The van der Waals surface area contributed by atoms with Crippen LogP contribution < -0.4 is 5.32 Å². The number of rotatable bonds is 7. The van der Waals surface area contributed by atoms with E-state index in [1.807, 2.05) is 11.8 Å². The lowest BCUT2D eigenvalue weighted by Gasteiger charge is -2.10. The second-order valence-corrected chi connectivity index (χ2v) is 6.18. The Labute approximate surface area is 110 Å². The third kappa shape index (κ3) is 5.60. The molecule has 0 aliphatic carbocycles. The topological polar surface area (TPSA) is 12.0 Å². The fraction of sp³-hybridized carbons (Fsp3) is 0.600. The first kappa shape index (κ1) is 14.6. The molecule has 0 heterocycles. The predicted molar refractivity (Wildman–Crippen MR) is 79.8 cm³/mol. The molecule has 1 aromatic rings. The summed E-state index contributed by atoms with van der Waals surface area (Å²) in [7, 11) is 0. The summed E-state index contributed by atoms with van der Waals surface area (Å²) in [5.41, 5.74) is 2.80. The molecule has 0 aliphatic rings. The Morgan fingerprint density at radius 3 is 2.29 bits per heavy atom. The second-order valence-electron chi connectivity index (χ2n) is 4.91. The zero-order valence-electron chi connectivity index (χ0n) is 11.5. The van der Waals surface area contributed by atoms with Crippen LogP contribution in [0.4, 0.5) is 0 Å². The molecule has 0 bridgehead atoms. The molecular formula is C15H25NS. The van der Waals surface area contributed by atoms with Gasteiger partial charge in [-0.15, -0.1) is 0 Å². The van der Waals surface area contributed by atoms with Crippen LogP contribution in [-0.4, -0.2) is 18.1 Å². The van der Waals surface area contributed by atoms with Crippen molar-refractivity contribution in [3.63, 3.8) is 0 Å². The first-order valence-corrected chi connectivity index (χ1v) is 7.74. The first-order chi connectivity index (χ1) is 8.13. The normalized spacial score (nSPS) is 13.0. The maximum absolute atomic E-state index is 3.50. The molecule has 1 unspecified atom stereocenters. The maximum Gasteiger partial charge on any atom is 0.0205 e. The van der Waals surface area contributed by atoms with Gasteiger partial charge in [0.2, 0.25) is 0 Å². The Morgan fingerprint density at radius 2 is 1.76 bits per heavy atom. The van der Waals surface area contributed by atoms with Crippen molar-refractivity contribution in [2.24, 2.45) is 0 Å². The van der Waals surface area contributed by atoms with Gasteiger partial charge in [-0.1, -0.05) is 45.0 Å². The van der Waals surface area contributed by atoms with Gasteiger partial charge in [-0.25, -0.2) is 0 Å². The SMILES string of the molecule is CSC(C)CCNCc1ccc(C(C)C)cc1. The van der Waals surface area contributed by atoms with Crippen molar-refractivity contribution in [3.8, 4) is 0 Å². The number of thioether (sulfide) groups is 1. The fourth-order valence-electron chi connectivity index (χ4n) is 1.68. The summed E-state index contributed by atoms with van der Waals surface area (Å²) >= 11 is 1.94. The van der Waals surface area contributed by atoms with Gasteiger partial charge in [-0.3, -0.25) is 0 Å². The molecule has 96 valence electrons. The van der Waals surface area contributed by atoms with Crippen molar-refractivity contribution in [1.29, 1.82) is 0 Å². The summed E-state index contributed by atoms with van der Waals surface area (Å²) in [5, 5.41) is 4.26. The number of nitrogens with one attached hydrogen (secondary N) is 1. The van der Waals surface area contributed by atoms with Crippen molar-refractivity contribution < 1.29 is 0 Å². The van der Waals surface area contributed by atoms with E-state index < -0.39 is 0 Å². The number of benzene rings is 1. The molecule has 1 atom stereocenters. The van der Waals surface area contributed by atoms with E-state index in [2.05, 4.69) is 56.6 Å². The van der Waals surface area contributed by atoms with Gasteiger partial charge in [-0.2, -0.15) is 11.8 Å². The highest BCUT2D eigenvalue weighted by Gasteiger charge is 2.00. The molecule has 1 rings (SSSR count). The lowest BCUT2D eigenvalue weighted by molar-refractivity contribution is 0.648. The van der Waals surface area contributed by atoms with E-state index in [0.717, 1.165) is 18.3 Å². The largest absolute Gasteiger partial charge is 0.313 e. The summed E-state index contributed by atoms with van der Waals surface area (Å²) < 4.78 is 0. The zero-order chi connectivity index (χ0) is 12.7. The van der Waals surface area contributed by atoms with Gasteiger partial charge in [0.1, 0.15) is 0 Å². The van der Waals surface area contributed by atoms with Crippen LogP contribution in [0, 0.1) is 0 Å². The molecule has 0 radical (unpaired) electrons. The maximum atomic E-state index is 3.50. The van der Waals surface area contributed by atoms with E-state index in [1.165, 1.54) is 17.5 Å². The minimum Gasteiger partial charge on any atom is -0.313 e. The Morgan fingerprint density at radius 1 is 1.12 bits per heavy atom. The highest BCUT2D eigenvalue weighted by Crippen LogP contribution is 2.14. The monoisotopic (exact) mass is 251 g/mol. The number of hydrogen-bond acceptors (Lipinski definition) is 2. The Bertz CT molecular complexity index is 305. The van der Waals surface area contributed by atoms with Crippen molar-refractivity contribution in [1.82, 2.24) is 5.32 Å². The van der Waals surface area contributed by atoms with Crippen LogP contribution in [-0.2, 0) is 6.54 Å². The molecule has 0 fully saturated rings. The molecule has 0 aliphatic heterocycles. The molecule has 17 heavy (non-hydrogen) atoms. The molecule has 0 spiro atoms. The Balaban J connectivity index is 2.28. The summed E-state index contributed by atoms with van der Waals surface area (Å²) in [6.45, 7) is 8.84. The lowest BCUT2D eigenvalue weighted by atomic mass is 10.0. The van der Waals surface area contributed by atoms with E-state index in [9.17, 15) is 0 Å². The highest BCUT2D eigenvalue weighted by molar-refractivity contribution is 7.99. The first-order valence-electron chi connectivity index (χ1n) is 6.45. The van der Waals surface area contributed by atoms with Crippen molar-refractivity contribution in [2.45, 2.75) is 44.9 Å². The minimum atomic E-state index is 0.624. The van der Waals surface area contributed by atoms with Crippen LogP contribution in [0.15, 0.2) is 24.3 Å². The van der Waals surface area contributed by atoms with Gasteiger partial charge < -0.3 is 5.32 Å². The van der Waals surface area contributed by atoms with Crippen LogP contribution in [0.25, 0.3) is 0 Å². The molecule has 1 aromatic carbocycles. The molecule has 0 amide bonds. The van der Waals surface area contributed by atoms with Crippen LogP contribution in [0.5, 0.6) is 0 Å². The Kier molecular flexibility index (Phi) is 6.68. The number of hydrogen-bond donors (Lipinski definition) is 1. The average Bonchev–Trinajstić information content (AvgIpc) is 2.34. The predicted octanol–water partition coefficient (Wildman–Crippen LogP) is 4.04. The molecule has 0 saturated heterocycles. The molecule has 1 N–H and O–H groups in total. The molecule has 0 aromatic heterocycles. The third-order valence-electron chi connectivity index (χ3n) is 3.11. The van der Waals surface area contributed by atoms with Gasteiger partial charge >= 0.3 is 0 Å². The van der Waals surface area contributed by atoms with Crippen LogP contribution >= 0.6 is 11.8 Å². The van der Waals surface area contributed by atoms with Crippen molar-refractivity contribution in [2.75, 3.05) is 12.8 Å². The molecule has 1 nitrogen and oxygen atoms in total. The van der Waals surface area contributed by atoms with E-state index in [-0.39, 0.29) is 0 Å². The van der Waals surface area contributed by atoms with Crippen molar-refractivity contribution in [3.05, 3.63) is 35.4 Å². The Hall–Kier alpha value is -0.470. The van der Waals surface area contributed by atoms with Gasteiger partial charge in [0.05, 0.1) is 0 Å². The average molecular weight is 251 g/mol. The van der Waals surface area contributed by atoms with Gasteiger partial charge in [-0.05, 0) is 36.3 Å². The standard InChI is InChI=1S/C15H25NS/c1-12(2)15-7-5-14(6-8-15)11-16-10-9-13(3)17-4/h5-8,12-13,16H,9-11H2,1-4H3. The van der Waals surface area contributed by atoms with E-state index in [1.54, 1.807) is 0 Å². The lowest BCUT2D eigenvalue weighted by Crippen LogP contribution is -2.17. The van der Waals surface area contributed by atoms with Gasteiger partial charge in [0.15, 0.2) is 0 Å². The van der Waals surface area contributed by atoms with Crippen LogP contribution in [0.1, 0.15) is 44.2 Å².